The molecule has 4 atom stereocenters. The smallest absolute Gasteiger partial charge is 0.237 e. The summed E-state index contributed by atoms with van der Waals surface area (Å²) in [5.74, 6) is 0.889. The van der Waals surface area contributed by atoms with Crippen LogP contribution in [0.5, 0.6) is 0 Å². The summed E-state index contributed by atoms with van der Waals surface area (Å²) in [6.07, 6.45) is 3.33. The van der Waals surface area contributed by atoms with Crippen molar-refractivity contribution in [3.05, 3.63) is 27.7 Å². The van der Waals surface area contributed by atoms with E-state index >= 15 is 0 Å². The fourth-order valence-corrected chi connectivity index (χ4v) is 5.11. The quantitative estimate of drug-likeness (QED) is 0.728. The number of halogens is 1. The molecule has 3 aliphatic rings. The number of hydrogen-bond acceptors (Lipinski definition) is 2. The third-order valence-corrected chi connectivity index (χ3v) is 6.50. The lowest BCUT2D eigenvalue weighted by Gasteiger charge is -2.20. The number of amides is 2. The van der Waals surface area contributed by atoms with Crippen LogP contribution in [0, 0.1) is 37.5 Å². The molecule has 2 aliphatic carbocycles. The largest absolute Gasteiger partial charge is 0.274 e. The molecule has 0 aromatic heterocycles. The topological polar surface area (TPSA) is 37.4 Å². The Morgan fingerprint density at radius 3 is 2.14 bits per heavy atom. The van der Waals surface area contributed by atoms with E-state index in [0.717, 1.165) is 40.5 Å². The number of carbonyl (C=O) groups is 2. The van der Waals surface area contributed by atoms with Gasteiger partial charge in [0.15, 0.2) is 0 Å². The number of imide groups is 1. The van der Waals surface area contributed by atoms with Crippen molar-refractivity contribution in [3.63, 3.8) is 0 Å². The van der Waals surface area contributed by atoms with Crippen LogP contribution in [0.3, 0.4) is 0 Å². The summed E-state index contributed by atoms with van der Waals surface area (Å²) in [4.78, 5) is 27.1. The fraction of sp³-hybridized carbons (Fsp3) is 0.529. The second-order valence-corrected chi connectivity index (χ2v) is 7.64. The molecule has 1 aromatic rings. The van der Waals surface area contributed by atoms with Crippen LogP contribution in [0.4, 0.5) is 5.69 Å². The van der Waals surface area contributed by atoms with Crippen molar-refractivity contribution in [1.82, 2.24) is 0 Å². The highest BCUT2D eigenvalue weighted by atomic mass is 79.9. The standard InChI is InChI=1S/C17H18BrNO2/c1-8-6-13(9(2)5-12(8)18)19-16(20)14-10-3-4-11(7-10)15(14)17(19)21/h5-6,10-11,14-15H,3-4,7H2,1-2H3/t10-,11-,14-,15+/m1/s1. The SMILES string of the molecule is Cc1cc(N2C(=O)[C@@H]3[C@@H]4CC[C@H](C4)[C@@H]3C2=O)c(C)cc1Br. The Labute approximate surface area is 132 Å². The van der Waals surface area contributed by atoms with Gasteiger partial charge in [-0.15, -0.1) is 0 Å². The summed E-state index contributed by atoms with van der Waals surface area (Å²) in [6, 6.07) is 3.95. The maximum atomic E-state index is 12.8. The predicted octanol–water partition coefficient (Wildman–Crippen LogP) is 3.60. The zero-order valence-corrected chi connectivity index (χ0v) is 13.8. The van der Waals surface area contributed by atoms with E-state index in [-0.39, 0.29) is 23.7 Å². The van der Waals surface area contributed by atoms with Crippen LogP contribution in [0.15, 0.2) is 16.6 Å². The van der Waals surface area contributed by atoms with Crippen LogP contribution in [0.1, 0.15) is 30.4 Å². The molecule has 2 amide bonds. The molecule has 1 saturated heterocycles. The second kappa shape index (κ2) is 4.42. The van der Waals surface area contributed by atoms with Gasteiger partial charge in [0.2, 0.25) is 11.8 Å². The van der Waals surface area contributed by atoms with Gasteiger partial charge in [-0.2, -0.15) is 0 Å². The number of nitrogens with zero attached hydrogens (tertiary/aromatic N) is 1. The molecule has 1 aromatic carbocycles. The van der Waals surface area contributed by atoms with Crippen LogP contribution >= 0.6 is 15.9 Å². The summed E-state index contributed by atoms with van der Waals surface area (Å²) in [7, 11) is 0. The van der Waals surface area contributed by atoms with Crippen LogP contribution in [0.25, 0.3) is 0 Å². The zero-order chi connectivity index (χ0) is 14.9. The summed E-state index contributed by atoms with van der Waals surface area (Å²) in [5.41, 5.74) is 2.80. The lowest BCUT2D eigenvalue weighted by atomic mass is 9.81. The van der Waals surface area contributed by atoms with E-state index in [1.54, 1.807) is 0 Å². The molecular formula is C17H18BrNO2. The minimum absolute atomic E-state index is 0.0420. The van der Waals surface area contributed by atoms with Gasteiger partial charge in [0, 0.05) is 4.47 Å². The van der Waals surface area contributed by atoms with Crippen molar-refractivity contribution in [2.45, 2.75) is 33.1 Å². The van der Waals surface area contributed by atoms with E-state index in [0.29, 0.717) is 11.8 Å². The van der Waals surface area contributed by atoms with Gasteiger partial charge in [-0.1, -0.05) is 15.9 Å². The molecule has 21 heavy (non-hydrogen) atoms. The van der Waals surface area contributed by atoms with Crippen molar-refractivity contribution >= 4 is 33.4 Å². The van der Waals surface area contributed by atoms with Gasteiger partial charge in [-0.25, -0.2) is 4.90 Å². The van der Waals surface area contributed by atoms with Crippen LogP contribution in [-0.4, -0.2) is 11.8 Å². The first-order chi connectivity index (χ1) is 9.99. The highest BCUT2D eigenvalue weighted by Gasteiger charge is 2.61. The highest BCUT2D eigenvalue weighted by molar-refractivity contribution is 9.10. The summed E-state index contributed by atoms with van der Waals surface area (Å²) in [6.45, 7) is 3.95. The highest BCUT2D eigenvalue weighted by Crippen LogP contribution is 2.56. The van der Waals surface area contributed by atoms with Gasteiger partial charge in [0.05, 0.1) is 17.5 Å². The molecule has 1 aliphatic heterocycles. The molecule has 0 unspecified atom stereocenters. The molecule has 0 radical (unpaired) electrons. The Balaban J connectivity index is 1.79. The first-order valence-electron chi connectivity index (χ1n) is 7.63. The van der Waals surface area contributed by atoms with Gasteiger partial charge in [-0.05, 0) is 68.2 Å². The van der Waals surface area contributed by atoms with Gasteiger partial charge < -0.3 is 0 Å². The second-order valence-electron chi connectivity index (χ2n) is 6.78. The van der Waals surface area contributed by atoms with E-state index < -0.39 is 0 Å². The first-order valence-corrected chi connectivity index (χ1v) is 8.43. The van der Waals surface area contributed by atoms with Crippen molar-refractivity contribution < 1.29 is 9.59 Å². The van der Waals surface area contributed by atoms with Gasteiger partial charge in [0.25, 0.3) is 0 Å². The summed E-state index contributed by atoms with van der Waals surface area (Å²) in [5, 5.41) is 0. The Hall–Kier alpha value is -1.16. The lowest BCUT2D eigenvalue weighted by Crippen LogP contribution is -2.33. The van der Waals surface area contributed by atoms with Crippen LogP contribution in [-0.2, 0) is 9.59 Å². The van der Waals surface area contributed by atoms with E-state index in [1.165, 1.54) is 4.90 Å². The third kappa shape index (κ3) is 1.71. The van der Waals surface area contributed by atoms with Crippen LogP contribution in [0.2, 0.25) is 0 Å². The Bertz CT molecular complexity index is 641. The Morgan fingerprint density at radius 1 is 1.00 bits per heavy atom. The minimum atomic E-state index is -0.0420. The van der Waals surface area contributed by atoms with Crippen LogP contribution < -0.4 is 4.90 Å². The van der Waals surface area contributed by atoms with Crippen molar-refractivity contribution in [2.24, 2.45) is 23.7 Å². The number of rotatable bonds is 1. The summed E-state index contributed by atoms with van der Waals surface area (Å²) < 4.78 is 1.02. The van der Waals surface area contributed by atoms with E-state index in [1.807, 2.05) is 26.0 Å². The van der Waals surface area contributed by atoms with E-state index in [4.69, 9.17) is 0 Å². The number of benzene rings is 1. The molecule has 3 nitrogen and oxygen atoms in total. The molecule has 4 heteroatoms. The molecule has 0 spiro atoms. The molecule has 3 fully saturated rings. The molecule has 110 valence electrons. The first kappa shape index (κ1) is 13.5. The van der Waals surface area contributed by atoms with Gasteiger partial charge in [-0.3, -0.25) is 9.59 Å². The summed E-state index contributed by atoms with van der Waals surface area (Å²) >= 11 is 3.51. The molecule has 0 N–H and O–H groups in total. The Morgan fingerprint density at radius 2 is 1.57 bits per heavy atom. The van der Waals surface area contributed by atoms with E-state index in [2.05, 4.69) is 15.9 Å². The molecule has 2 saturated carbocycles. The molecule has 4 rings (SSSR count). The number of aryl methyl sites for hydroxylation is 2. The number of hydrogen-bond donors (Lipinski definition) is 0. The molecular weight excluding hydrogens is 330 g/mol. The number of fused-ring (bicyclic) bond motifs is 5. The van der Waals surface area contributed by atoms with Crippen molar-refractivity contribution in [3.8, 4) is 0 Å². The van der Waals surface area contributed by atoms with E-state index in [9.17, 15) is 9.59 Å². The molecule has 2 bridgehead atoms. The van der Waals surface area contributed by atoms with Gasteiger partial charge in [0.1, 0.15) is 0 Å². The third-order valence-electron chi connectivity index (χ3n) is 5.65. The average molecular weight is 348 g/mol. The average Bonchev–Trinajstić information content (AvgIpc) is 3.09. The van der Waals surface area contributed by atoms with Crippen molar-refractivity contribution in [2.75, 3.05) is 4.90 Å². The normalized spacial score (nSPS) is 34.0. The number of carbonyl (C=O) groups excluding carboxylic acids is 2. The maximum absolute atomic E-state index is 12.8. The fourth-order valence-electron chi connectivity index (χ4n) is 4.65. The number of anilines is 1. The van der Waals surface area contributed by atoms with Crippen molar-refractivity contribution in [1.29, 1.82) is 0 Å². The minimum Gasteiger partial charge on any atom is -0.274 e. The zero-order valence-electron chi connectivity index (χ0n) is 12.2. The predicted molar refractivity (Wildman–Crippen MR) is 83.9 cm³/mol. The lowest BCUT2D eigenvalue weighted by molar-refractivity contribution is -0.123. The monoisotopic (exact) mass is 347 g/mol. The Kier molecular flexibility index (Phi) is 2.84. The van der Waals surface area contributed by atoms with Gasteiger partial charge >= 0.3 is 0 Å². The molecule has 1 heterocycles. The maximum Gasteiger partial charge on any atom is 0.237 e.